The maximum atomic E-state index is 10.8. The van der Waals surface area contributed by atoms with Gasteiger partial charge in [0.1, 0.15) is 0 Å². The average molecular weight is 486 g/mol. The first-order valence-electron chi connectivity index (χ1n) is 11.6. The fourth-order valence-electron chi connectivity index (χ4n) is 4.21. The van der Waals surface area contributed by atoms with Gasteiger partial charge in [-0.1, -0.05) is 12.1 Å². The van der Waals surface area contributed by atoms with Crippen LogP contribution in [0, 0.1) is 0 Å². The minimum absolute atomic E-state index is 0.0706. The summed E-state index contributed by atoms with van der Waals surface area (Å²) in [6.45, 7) is -0.245. The van der Waals surface area contributed by atoms with Crippen LogP contribution in [-0.2, 0) is 19.4 Å². The minimum Gasteiger partial charge on any atom is -0.396 e. The number of benzene rings is 1. The fraction of sp³-hybridized carbons (Fsp3) is 0.231. The molecule has 1 aromatic carbocycles. The molecule has 0 saturated carbocycles. The van der Waals surface area contributed by atoms with Gasteiger partial charge in [0.25, 0.3) is 0 Å². The van der Waals surface area contributed by atoms with Crippen LogP contribution in [0.25, 0.3) is 39.2 Å². The summed E-state index contributed by atoms with van der Waals surface area (Å²) in [6.07, 6.45) is 4.18. The average Bonchev–Trinajstić information content (AvgIpc) is 3.53. The van der Waals surface area contributed by atoms with Crippen LogP contribution < -0.4 is 5.73 Å². The number of aliphatic hydroxyl groups excluding tert-OH is 2. The summed E-state index contributed by atoms with van der Waals surface area (Å²) in [7, 11) is 1.86. The Bertz CT molecular complexity index is 1520. The van der Waals surface area contributed by atoms with Crippen LogP contribution in [-0.4, -0.2) is 51.5 Å². The molecule has 184 valence electrons. The first-order chi connectivity index (χ1) is 17.4. The third-order valence-electron chi connectivity index (χ3n) is 6.05. The van der Waals surface area contributed by atoms with E-state index in [1.54, 1.807) is 33.8 Å². The van der Waals surface area contributed by atoms with Crippen LogP contribution in [0.1, 0.15) is 24.2 Å². The highest BCUT2D eigenvalue weighted by molar-refractivity contribution is 5.97. The third kappa shape index (κ3) is 4.50. The molecular formula is C26H27N7O3. The molecule has 0 spiro atoms. The summed E-state index contributed by atoms with van der Waals surface area (Å²) in [5, 5.41) is 39.5. The highest BCUT2D eigenvalue weighted by Crippen LogP contribution is 2.34. The second kappa shape index (κ2) is 9.59. The lowest BCUT2D eigenvalue weighted by Gasteiger charge is -2.22. The number of nitrogens with zero attached hydrogens (tertiary/aromatic N) is 6. The molecule has 0 radical (unpaired) electrons. The van der Waals surface area contributed by atoms with E-state index in [1.165, 1.54) is 0 Å². The van der Waals surface area contributed by atoms with Crippen molar-refractivity contribution in [1.29, 1.82) is 0 Å². The Morgan fingerprint density at radius 2 is 1.83 bits per heavy atom. The van der Waals surface area contributed by atoms with Crippen molar-refractivity contribution in [1.82, 2.24) is 29.5 Å². The largest absolute Gasteiger partial charge is 0.396 e. The van der Waals surface area contributed by atoms with Gasteiger partial charge in [0.15, 0.2) is 11.5 Å². The second-order valence-corrected chi connectivity index (χ2v) is 8.69. The molecule has 0 fully saturated rings. The van der Waals surface area contributed by atoms with Crippen molar-refractivity contribution in [3.05, 3.63) is 78.4 Å². The van der Waals surface area contributed by atoms with E-state index in [-0.39, 0.29) is 19.6 Å². The van der Waals surface area contributed by atoms with Crippen molar-refractivity contribution in [3.63, 3.8) is 0 Å². The molecule has 1 unspecified atom stereocenters. The maximum Gasteiger partial charge on any atom is 0.156 e. The monoisotopic (exact) mass is 485 g/mol. The zero-order valence-electron chi connectivity index (χ0n) is 19.8. The minimum atomic E-state index is -1.66. The van der Waals surface area contributed by atoms with Gasteiger partial charge in [0, 0.05) is 36.4 Å². The van der Waals surface area contributed by atoms with Crippen molar-refractivity contribution >= 4 is 10.9 Å². The van der Waals surface area contributed by atoms with Gasteiger partial charge in [-0.05, 0) is 55.3 Å². The van der Waals surface area contributed by atoms with Crippen LogP contribution in [0.5, 0.6) is 0 Å². The first kappa shape index (κ1) is 23.8. The molecule has 0 amide bonds. The molecule has 0 bridgehead atoms. The normalized spacial score (nSPS) is 13.2. The summed E-state index contributed by atoms with van der Waals surface area (Å²) in [6, 6.07) is 16.6. The zero-order chi connectivity index (χ0) is 25.3. The first-order valence-corrected chi connectivity index (χ1v) is 11.6. The van der Waals surface area contributed by atoms with Gasteiger partial charge in [-0.3, -0.25) is 10.4 Å². The summed E-state index contributed by atoms with van der Waals surface area (Å²) >= 11 is 0. The maximum absolute atomic E-state index is 10.8. The Morgan fingerprint density at radius 1 is 1.00 bits per heavy atom. The van der Waals surface area contributed by atoms with E-state index in [1.807, 2.05) is 49.6 Å². The molecule has 0 aliphatic carbocycles. The van der Waals surface area contributed by atoms with Gasteiger partial charge in [-0.25, -0.2) is 14.6 Å². The lowest BCUT2D eigenvalue weighted by Crippen LogP contribution is -2.37. The van der Waals surface area contributed by atoms with Crippen molar-refractivity contribution < 1.29 is 15.3 Å². The number of rotatable bonds is 8. The number of aryl methyl sites for hydroxylation is 1. The summed E-state index contributed by atoms with van der Waals surface area (Å²) in [5.74, 6) is 0.572. The number of hydrogen-bond acceptors (Lipinski definition) is 8. The molecule has 5 aromatic rings. The molecule has 4 heterocycles. The third-order valence-corrected chi connectivity index (χ3v) is 6.05. The fourth-order valence-corrected chi connectivity index (χ4v) is 4.21. The second-order valence-electron chi connectivity index (χ2n) is 8.69. The highest BCUT2D eigenvalue weighted by atomic mass is 16.3. The van der Waals surface area contributed by atoms with E-state index in [4.69, 9.17) is 10.8 Å². The molecule has 10 nitrogen and oxygen atoms in total. The quantitative estimate of drug-likeness (QED) is 0.245. The Kier molecular flexibility index (Phi) is 6.33. The predicted octanol–water partition coefficient (Wildman–Crippen LogP) is 2.25. The Labute approximate surface area is 207 Å². The Hall–Kier alpha value is -3.96. The van der Waals surface area contributed by atoms with Crippen LogP contribution in [0.2, 0.25) is 0 Å². The van der Waals surface area contributed by atoms with Gasteiger partial charge in [-0.15, -0.1) is 0 Å². The molecule has 4 aromatic heterocycles. The van der Waals surface area contributed by atoms with Gasteiger partial charge in [0.05, 0.1) is 41.1 Å². The number of aromatic nitrogens is 6. The van der Waals surface area contributed by atoms with Crippen LogP contribution in [0.4, 0.5) is 0 Å². The van der Waals surface area contributed by atoms with Gasteiger partial charge >= 0.3 is 0 Å². The van der Waals surface area contributed by atoms with E-state index in [2.05, 4.69) is 20.2 Å². The zero-order valence-corrected chi connectivity index (χ0v) is 19.8. The number of nitrogens with two attached hydrogens (primary N) is 1. The molecule has 5 rings (SSSR count). The highest BCUT2D eigenvalue weighted by Gasteiger charge is 2.25. The summed E-state index contributed by atoms with van der Waals surface area (Å²) in [4.78, 5) is 9.18. The van der Waals surface area contributed by atoms with Crippen LogP contribution in [0.3, 0.4) is 0 Å². The van der Waals surface area contributed by atoms with E-state index in [0.717, 1.165) is 27.7 Å². The lowest BCUT2D eigenvalue weighted by atomic mass is 9.99. The number of fused-ring (bicyclic) bond motifs is 1. The smallest absolute Gasteiger partial charge is 0.156 e. The number of aliphatic hydroxyl groups is 3. The van der Waals surface area contributed by atoms with Crippen LogP contribution in [0.15, 0.2) is 67.0 Å². The summed E-state index contributed by atoms with van der Waals surface area (Å²) < 4.78 is 3.45. The molecule has 0 aliphatic rings. The van der Waals surface area contributed by atoms with E-state index < -0.39 is 5.72 Å². The molecule has 1 atom stereocenters. The molecule has 36 heavy (non-hydrogen) atoms. The van der Waals surface area contributed by atoms with Crippen molar-refractivity contribution in [2.75, 3.05) is 6.61 Å². The van der Waals surface area contributed by atoms with E-state index in [0.29, 0.717) is 29.3 Å². The topological polar surface area (TPSA) is 148 Å². The molecule has 0 saturated heterocycles. The van der Waals surface area contributed by atoms with Crippen molar-refractivity contribution in [2.45, 2.75) is 25.2 Å². The van der Waals surface area contributed by atoms with Crippen LogP contribution >= 0.6 is 0 Å². The standard InChI is InChI=1S/C26H27N7O3/c1-32-11-9-22(31-32)19-13-17(21-6-3-7-24(30-21)26(27,36)10-4-12-34)14-23-20(19)15-28-33(23)25-8-2-5-18(16-35)29-25/h2-3,5-9,11,13-15,34-36H,4,10,12,16,27H2,1H3. The van der Waals surface area contributed by atoms with Gasteiger partial charge < -0.3 is 15.3 Å². The van der Waals surface area contributed by atoms with Crippen molar-refractivity contribution in [3.8, 4) is 28.3 Å². The number of hydrogen-bond donors (Lipinski definition) is 4. The SMILES string of the molecule is Cn1ccc(-c2cc(-c3cccc(C(N)(O)CCCO)n3)cc3c2cnn3-c2cccc(CO)n2)n1. The lowest BCUT2D eigenvalue weighted by molar-refractivity contribution is 0.0233. The molecular weight excluding hydrogens is 458 g/mol. The van der Waals surface area contributed by atoms with E-state index >= 15 is 0 Å². The van der Waals surface area contributed by atoms with E-state index in [9.17, 15) is 10.2 Å². The van der Waals surface area contributed by atoms with Crippen molar-refractivity contribution in [2.24, 2.45) is 12.8 Å². The molecule has 10 heteroatoms. The summed E-state index contributed by atoms with van der Waals surface area (Å²) in [5.41, 5.74) is 9.13. The van der Waals surface area contributed by atoms with Gasteiger partial charge in [0.2, 0.25) is 0 Å². The molecule has 5 N–H and O–H groups in total. The number of pyridine rings is 2. The molecule has 0 aliphatic heterocycles. The predicted molar refractivity (Wildman–Crippen MR) is 135 cm³/mol. The Balaban J connectivity index is 1.70. The Morgan fingerprint density at radius 3 is 2.58 bits per heavy atom. The van der Waals surface area contributed by atoms with Gasteiger partial charge in [-0.2, -0.15) is 10.2 Å².